The molecule has 3 nitrogen and oxygen atoms in total. The van der Waals surface area contributed by atoms with Crippen LogP contribution in [0.5, 0.6) is 0 Å². The summed E-state index contributed by atoms with van der Waals surface area (Å²) >= 11 is 1.66. The number of nitrogen functional groups attached to an aromatic ring is 1. The van der Waals surface area contributed by atoms with Gasteiger partial charge in [-0.2, -0.15) is 0 Å². The largest absolute Gasteiger partial charge is 0.398 e. The quantitative estimate of drug-likeness (QED) is 0.827. The van der Waals surface area contributed by atoms with Gasteiger partial charge in [-0.05, 0) is 18.9 Å². The van der Waals surface area contributed by atoms with Crippen LogP contribution < -0.4 is 5.73 Å². The Bertz CT molecular complexity index is 518. The number of para-hydroxylation sites is 1. The molecule has 1 aliphatic rings. The molecule has 0 aliphatic carbocycles. The van der Waals surface area contributed by atoms with Gasteiger partial charge in [-0.3, -0.25) is 0 Å². The van der Waals surface area contributed by atoms with Crippen LogP contribution in [0, 0.1) is 0 Å². The van der Waals surface area contributed by atoms with E-state index in [2.05, 4.69) is 10.4 Å². The summed E-state index contributed by atoms with van der Waals surface area (Å²) in [7, 11) is 0. The van der Waals surface area contributed by atoms with Crippen molar-refractivity contribution in [1.82, 2.24) is 4.98 Å². The summed E-state index contributed by atoms with van der Waals surface area (Å²) in [6, 6.07) is 7.83. The summed E-state index contributed by atoms with van der Waals surface area (Å²) in [5.41, 5.74) is 8.69. The van der Waals surface area contributed by atoms with Gasteiger partial charge in [0.05, 0.1) is 5.69 Å². The van der Waals surface area contributed by atoms with Crippen LogP contribution in [-0.4, -0.2) is 11.6 Å². The first kappa shape index (κ1) is 10.7. The summed E-state index contributed by atoms with van der Waals surface area (Å²) in [6.07, 6.45) is 2.41. The maximum Gasteiger partial charge on any atom is 0.122 e. The van der Waals surface area contributed by atoms with Crippen LogP contribution in [-0.2, 0) is 4.74 Å². The number of nitrogens with two attached hydrogens (primary N) is 1. The minimum atomic E-state index is 0.193. The molecule has 0 saturated carbocycles. The molecular weight excluding hydrogens is 232 g/mol. The highest BCUT2D eigenvalue weighted by Gasteiger charge is 2.21. The Morgan fingerprint density at radius 3 is 3.00 bits per heavy atom. The van der Waals surface area contributed by atoms with Crippen LogP contribution in [0.4, 0.5) is 5.69 Å². The molecule has 2 N–H and O–H groups in total. The lowest BCUT2D eigenvalue weighted by Crippen LogP contribution is -1.95. The highest BCUT2D eigenvalue weighted by Crippen LogP contribution is 2.34. The first-order chi connectivity index (χ1) is 8.34. The molecule has 0 radical (unpaired) electrons. The lowest BCUT2D eigenvalue weighted by atomic mass is 10.1. The summed E-state index contributed by atoms with van der Waals surface area (Å²) in [6.45, 7) is 0.854. The van der Waals surface area contributed by atoms with Crippen molar-refractivity contribution >= 4 is 17.0 Å². The van der Waals surface area contributed by atoms with Crippen molar-refractivity contribution in [3.8, 4) is 11.3 Å². The monoisotopic (exact) mass is 246 g/mol. The molecule has 4 heteroatoms. The third kappa shape index (κ3) is 2.06. The second-order valence-electron chi connectivity index (χ2n) is 4.16. The van der Waals surface area contributed by atoms with Crippen molar-refractivity contribution in [1.29, 1.82) is 0 Å². The Morgan fingerprint density at radius 1 is 1.35 bits per heavy atom. The third-order valence-corrected chi connectivity index (χ3v) is 3.90. The summed E-state index contributed by atoms with van der Waals surface area (Å²) < 4.78 is 5.64. The van der Waals surface area contributed by atoms with Gasteiger partial charge in [0, 0.05) is 23.2 Å². The minimum Gasteiger partial charge on any atom is -0.398 e. The van der Waals surface area contributed by atoms with Gasteiger partial charge in [0.25, 0.3) is 0 Å². The van der Waals surface area contributed by atoms with Crippen LogP contribution >= 0.6 is 11.3 Å². The average Bonchev–Trinajstić information content (AvgIpc) is 3.00. The van der Waals surface area contributed by atoms with Gasteiger partial charge in [-0.25, -0.2) is 4.98 Å². The second kappa shape index (κ2) is 4.47. The highest BCUT2D eigenvalue weighted by atomic mass is 32.1. The SMILES string of the molecule is Nc1ccccc1-c1csc(C2CCCO2)n1. The van der Waals surface area contributed by atoms with E-state index in [-0.39, 0.29) is 6.10 Å². The lowest BCUT2D eigenvalue weighted by molar-refractivity contribution is 0.112. The van der Waals surface area contributed by atoms with E-state index < -0.39 is 0 Å². The van der Waals surface area contributed by atoms with Crippen molar-refractivity contribution < 1.29 is 4.74 Å². The maximum atomic E-state index is 5.95. The van der Waals surface area contributed by atoms with Crippen molar-refractivity contribution in [2.24, 2.45) is 0 Å². The Labute approximate surface area is 104 Å². The van der Waals surface area contributed by atoms with E-state index in [1.54, 1.807) is 11.3 Å². The van der Waals surface area contributed by atoms with Gasteiger partial charge in [0.1, 0.15) is 11.1 Å². The molecule has 1 fully saturated rings. The average molecular weight is 246 g/mol. The third-order valence-electron chi connectivity index (χ3n) is 2.96. The molecular formula is C13H14N2OS. The fourth-order valence-electron chi connectivity index (χ4n) is 2.06. The molecule has 1 aromatic carbocycles. The number of nitrogens with zero attached hydrogens (tertiary/aromatic N) is 1. The van der Waals surface area contributed by atoms with E-state index in [0.717, 1.165) is 41.4 Å². The lowest BCUT2D eigenvalue weighted by Gasteiger charge is -2.04. The Hall–Kier alpha value is -1.39. The maximum absolute atomic E-state index is 5.95. The number of hydrogen-bond acceptors (Lipinski definition) is 4. The molecule has 2 heterocycles. The number of ether oxygens (including phenoxy) is 1. The molecule has 0 spiro atoms. The number of hydrogen-bond donors (Lipinski definition) is 1. The molecule has 88 valence electrons. The van der Waals surface area contributed by atoms with Crippen molar-refractivity contribution in [3.05, 3.63) is 34.7 Å². The van der Waals surface area contributed by atoms with E-state index in [4.69, 9.17) is 10.5 Å². The molecule has 17 heavy (non-hydrogen) atoms. The normalized spacial score (nSPS) is 19.6. The summed E-state index contributed by atoms with van der Waals surface area (Å²) in [5, 5.41) is 3.13. The van der Waals surface area contributed by atoms with E-state index >= 15 is 0 Å². The molecule has 1 saturated heterocycles. The van der Waals surface area contributed by atoms with Gasteiger partial charge in [0.15, 0.2) is 0 Å². The minimum absolute atomic E-state index is 0.193. The summed E-state index contributed by atoms with van der Waals surface area (Å²) in [4.78, 5) is 4.64. The fourth-order valence-corrected chi connectivity index (χ4v) is 2.96. The van der Waals surface area contributed by atoms with Gasteiger partial charge >= 0.3 is 0 Å². The van der Waals surface area contributed by atoms with Gasteiger partial charge < -0.3 is 10.5 Å². The fraction of sp³-hybridized carbons (Fsp3) is 0.308. The number of aromatic nitrogens is 1. The Kier molecular flexibility index (Phi) is 2.82. The van der Waals surface area contributed by atoms with Gasteiger partial charge in [-0.15, -0.1) is 11.3 Å². The topological polar surface area (TPSA) is 48.1 Å². The van der Waals surface area contributed by atoms with Crippen molar-refractivity contribution in [3.63, 3.8) is 0 Å². The zero-order valence-corrected chi connectivity index (χ0v) is 10.2. The molecule has 2 aromatic rings. The van der Waals surface area contributed by atoms with Gasteiger partial charge in [0.2, 0.25) is 0 Å². The number of anilines is 1. The predicted octanol–water partition coefficient (Wildman–Crippen LogP) is 3.24. The van der Waals surface area contributed by atoms with Crippen LogP contribution in [0.3, 0.4) is 0 Å². The standard InChI is InChI=1S/C13H14N2OS/c14-10-5-2-1-4-9(10)11-8-17-13(15-11)12-6-3-7-16-12/h1-2,4-5,8,12H,3,6-7,14H2. The zero-order chi connectivity index (χ0) is 11.7. The van der Waals surface area contributed by atoms with Crippen molar-refractivity contribution in [2.75, 3.05) is 12.3 Å². The van der Waals surface area contributed by atoms with Crippen LogP contribution in [0.1, 0.15) is 24.0 Å². The zero-order valence-electron chi connectivity index (χ0n) is 9.43. The van der Waals surface area contributed by atoms with E-state index in [1.165, 1.54) is 0 Å². The smallest absolute Gasteiger partial charge is 0.122 e. The Balaban J connectivity index is 1.92. The summed E-state index contributed by atoms with van der Waals surface area (Å²) in [5.74, 6) is 0. The molecule has 3 rings (SSSR count). The van der Waals surface area contributed by atoms with Crippen LogP contribution in [0.25, 0.3) is 11.3 Å². The highest BCUT2D eigenvalue weighted by molar-refractivity contribution is 7.10. The molecule has 1 aliphatic heterocycles. The second-order valence-corrected chi connectivity index (χ2v) is 5.05. The first-order valence-electron chi connectivity index (χ1n) is 5.76. The number of benzene rings is 1. The van der Waals surface area contributed by atoms with Crippen LogP contribution in [0.15, 0.2) is 29.6 Å². The van der Waals surface area contributed by atoms with E-state index in [9.17, 15) is 0 Å². The van der Waals surface area contributed by atoms with E-state index in [1.807, 2.05) is 24.3 Å². The van der Waals surface area contributed by atoms with E-state index in [0.29, 0.717) is 0 Å². The molecule has 0 bridgehead atoms. The molecule has 1 atom stereocenters. The number of thiazole rings is 1. The van der Waals surface area contributed by atoms with Gasteiger partial charge in [-0.1, -0.05) is 18.2 Å². The molecule has 0 amide bonds. The molecule has 1 aromatic heterocycles. The number of rotatable bonds is 2. The van der Waals surface area contributed by atoms with Crippen molar-refractivity contribution in [2.45, 2.75) is 18.9 Å². The predicted molar refractivity (Wildman–Crippen MR) is 69.9 cm³/mol. The first-order valence-corrected chi connectivity index (χ1v) is 6.64. The Morgan fingerprint density at radius 2 is 2.24 bits per heavy atom. The van der Waals surface area contributed by atoms with Crippen LogP contribution in [0.2, 0.25) is 0 Å². The molecule has 1 unspecified atom stereocenters.